The lowest BCUT2D eigenvalue weighted by molar-refractivity contribution is 0.0602. The first kappa shape index (κ1) is 12.5. The molecule has 2 rings (SSSR count). The van der Waals surface area contributed by atoms with Crippen molar-refractivity contribution in [3.63, 3.8) is 0 Å². The van der Waals surface area contributed by atoms with Crippen LogP contribution in [0.2, 0.25) is 0 Å². The van der Waals surface area contributed by atoms with Crippen LogP contribution in [0.1, 0.15) is 9.67 Å². The lowest BCUT2D eigenvalue weighted by Crippen LogP contribution is -2.16. The van der Waals surface area contributed by atoms with Gasteiger partial charge in [-0.25, -0.2) is 23.0 Å². The summed E-state index contributed by atoms with van der Waals surface area (Å²) >= 11 is 0.982. The first-order chi connectivity index (χ1) is 8.54. The molecule has 0 unspecified atom stereocenters. The number of aromatic amines is 1. The molecule has 10 heteroatoms. The van der Waals surface area contributed by atoms with Gasteiger partial charge in [-0.1, -0.05) is 0 Å². The Morgan fingerprint density at radius 3 is 2.94 bits per heavy atom. The minimum atomic E-state index is -3.90. The van der Waals surface area contributed by atoms with Crippen LogP contribution in [0.15, 0.2) is 22.7 Å². The number of rotatable bonds is 4. The number of aromatic nitrogens is 3. The molecule has 0 saturated carbocycles. The van der Waals surface area contributed by atoms with Crippen molar-refractivity contribution in [2.75, 3.05) is 11.8 Å². The number of esters is 1. The van der Waals surface area contributed by atoms with Gasteiger partial charge in [0, 0.05) is 0 Å². The second-order valence-corrected chi connectivity index (χ2v) is 5.61. The Hall–Kier alpha value is -1.94. The van der Waals surface area contributed by atoms with E-state index in [1.165, 1.54) is 18.6 Å². The number of thiophene rings is 1. The van der Waals surface area contributed by atoms with Gasteiger partial charge in [0.1, 0.15) is 16.1 Å². The molecule has 0 aliphatic rings. The Bertz CT molecular complexity index is 646. The van der Waals surface area contributed by atoms with E-state index in [1.807, 2.05) is 0 Å². The highest BCUT2D eigenvalue weighted by Crippen LogP contribution is 2.24. The molecule has 0 amide bonds. The molecule has 0 bridgehead atoms. The maximum atomic E-state index is 12.0. The van der Waals surface area contributed by atoms with Gasteiger partial charge in [0.05, 0.1) is 7.11 Å². The molecule has 2 heterocycles. The minimum Gasteiger partial charge on any atom is -0.465 e. The summed E-state index contributed by atoms with van der Waals surface area (Å²) in [5, 5.41) is 7.35. The van der Waals surface area contributed by atoms with Crippen molar-refractivity contribution in [1.29, 1.82) is 0 Å². The number of hydrogen-bond acceptors (Lipinski definition) is 7. The molecule has 0 fully saturated rings. The number of nitrogens with one attached hydrogen (secondary N) is 2. The highest BCUT2D eigenvalue weighted by molar-refractivity contribution is 7.93. The molecule has 2 aromatic heterocycles. The number of H-pyrrole nitrogens is 1. The van der Waals surface area contributed by atoms with Gasteiger partial charge in [-0.05, 0) is 11.4 Å². The van der Waals surface area contributed by atoms with E-state index in [2.05, 4.69) is 24.6 Å². The fourth-order valence-electron chi connectivity index (χ4n) is 1.19. The van der Waals surface area contributed by atoms with Gasteiger partial charge in [-0.3, -0.25) is 0 Å². The molecule has 2 aromatic rings. The first-order valence-corrected chi connectivity index (χ1v) is 6.95. The van der Waals surface area contributed by atoms with Crippen molar-refractivity contribution in [1.82, 2.24) is 15.2 Å². The second-order valence-electron chi connectivity index (χ2n) is 3.05. The minimum absolute atomic E-state index is 0.00418. The molecule has 0 aromatic carbocycles. The van der Waals surface area contributed by atoms with Crippen molar-refractivity contribution >= 4 is 33.3 Å². The lowest BCUT2D eigenvalue weighted by atomic mass is 10.5. The third kappa shape index (κ3) is 2.33. The molecule has 96 valence electrons. The molecular weight excluding hydrogens is 280 g/mol. The molecule has 0 aliphatic carbocycles. The van der Waals surface area contributed by atoms with Crippen LogP contribution >= 0.6 is 11.3 Å². The second kappa shape index (κ2) is 4.74. The van der Waals surface area contributed by atoms with Gasteiger partial charge in [0.25, 0.3) is 10.0 Å². The quantitative estimate of drug-likeness (QED) is 0.790. The molecule has 0 atom stereocenters. The monoisotopic (exact) mass is 288 g/mol. The predicted molar refractivity (Wildman–Crippen MR) is 62.8 cm³/mol. The van der Waals surface area contributed by atoms with E-state index in [9.17, 15) is 13.2 Å². The summed E-state index contributed by atoms with van der Waals surface area (Å²) in [5.74, 6) is -0.736. The van der Waals surface area contributed by atoms with E-state index in [1.54, 1.807) is 0 Å². The Morgan fingerprint density at radius 2 is 2.33 bits per heavy atom. The van der Waals surface area contributed by atoms with E-state index < -0.39 is 16.0 Å². The number of anilines is 1. The Labute approximate surface area is 106 Å². The summed E-state index contributed by atoms with van der Waals surface area (Å²) in [7, 11) is -2.72. The van der Waals surface area contributed by atoms with Gasteiger partial charge in [0.15, 0.2) is 0 Å². The molecule has 0 radical (unpaired) electrons. The van der Waals surface area contributed by atoms with Crippen LogP contribution < -0.4 is 4.72 Å². The maximum absolute atomic E-state index is 12.0. The molecular formula is C8H8N4O4S2. The standard InChI is InChI=1S/C8H8N4O4S2/c1-16-7(13)6-5(2-3-17-6)18(14,15)12-8-9-4-10-11-8/h2-4H,1H3,(H2,9,10,11,12). The van der Waals surface area contributed by atoms with Gasteiger partial charge < -0.3 is 4.74 Å². The maximum Gasteiger partial charge on any atom is 0.349 e. The van der Waals surface area contributed by atoms with Crippen LogP contribution in [0.25, 0.3) is 0 Å². The van der Waals surface area contributed by atoms with Crippen LogP contribution in [0, 0.1) is 0 Å². The number of carbonyl (C=O) groups excluding carboxylic acids is 1. The SMILES string of the molecule is COC(=O)c1sccc1S(=O)(=O)Nc1ncn[nH]1. The average Bonchev–Trinajstić information content (AvgIpc) is 2.97. The van der Waals surface area contributed by atoms with Crippen LogP contribution in [0.5, 0.6) is 0 Å². The van der Waals surface area contributed by atoms with Crippen LogP contribution in [0.3, 0.4) is 0 Å². The van der Waals surface area contributed by atoms with Crippen molar-refractivity contribution in [3.05, 3.63) is 22.7 Å². The zero-order valence-corrected chi connectivity index (χ0v) is 10.7. The normalized spacial score (nSPS) is 11.2. The molecule has 0 spiro atoms. The topological polar surface area (TPSA) is 114 Å². The van der Waals surface area contributed by atoms with Crippen molar-refractivity contribution in [2.24, 2.45) is 0 Å². The smallest absolute Gasteiger partial charge is 0.349 e. The first-order valence-electron chi connectivity index (χ1n) is 4.58. The Balaban J connectivity index is 2.36. The van der Waals surface area contributed by atoms with E-state index >= 15 is 0 Å². The van der Waals surface area contributed by atoms with E-state index in [0.29, 0.717) is 0 Å². The third-order valence-electron chi connectivity index (χ3n) is 1.94. The summed E-state index contributed by atoms with van der Waals surface area (Å²) in [6.07, 6.45) is 1.16. The van der Waals surface area contributed by atoms with Gasteiger partial charge in [-0.2, -0.15) is 10.1 Å². The van der Waals surface area contributed by atoms with Crippen molar-refractivity contribution in [2.45, 2.75) is 4.90 Å². The summed E-state index contributed by atoms with van der Waals surface area (Å²) in [6.45, 7) is 0. The lowest BCUT2D eigenvalue weighted by Gasteiger charge is -2.04. The molecule has 0 aliphatic heterocycles. The highest BCUT2D eigenvalue weighted by Gasteiger charge is 2.25. The zero-order valence-electron chi connectivity index (χ0n) is 9.08. The number of carbonyl (C=O) groups is 1. The largest absolute Gasteiger partial charge is 0.465 e. The summed E-state index contributed by atoms with van der Waals surface area (Å²) in [6, 6.07) is 1.32. The molecule has 0 saturated heterocycles. The fraction of sp³-hybridized carbons (Fsp3) is 0.125. The molecule has 18 heavy (non-hydrogen) atoms. The predicted octanol–water partition coefficient (Wildman–Crippen LogP) is 0.454. The summed E-state index contributed by atoms with van der Waals surface area (Å²) in [5.41, 5.74) is 0. The number of sulfonamides is 1. The number of methoxy groups -OCH3 is 1. The molecule has 2 N–H and O–H groups in total. The Morgan fingerprint density at radius 1 is 1.56 bits per heavy atom. The number of nitrogens with zero attached hydrogens (tertiary/aromatic N) is 2. The van der Waals surface area contributed by atoms with Crippen LogP contribution in [-0.2, 0) is 14.8 Å². The Kier molecular flexibility index (Phi) is 3.30. The summed E-state index contributed by atoms with van der Waals surface area (Å²) < 4.78 is 30.7. The van der Waals surface area contributed by atoms with Gasteiger partial charge >= 0.3 is 5.97 Å². The van der Waals surface area contributed by atoms with E-state index in [-0.39, 0.29) is 15.7 Å². The fourth-order valence-corrected chi connectivity index (χ4v) is 3.49. The van der Waals surface area contributed by atoms with Crippen LogP contribution in [-0.4, -0.2) is 36.7 Å². The van der Waals surface area contributed by atoms with E-state index in [4.69, 9.17) is 0 Å². The van der Waals surface area contributed by atoms with Crippen molar-refractivity contribution in [3.8, 4) is 0 Å². The van der Waals surface area contributed by atoms with E-state index in [0.717, 1.165) is 17.7 Å². The highest BCUT2D eigenvalue weighted by atomic mass is 32.2. The number of hydrogen-bond donors (Lipinski definition) is 2. The van der Waals surface area contributed by atoms with Crippen molar-refractivity contribution < 1.29 is 17.9 Å². The van der Waals surface area contributed by atoms with Gasteiger partial charge in [0.2, 0.25) is 5.95 Å². The summed E-state index contributed by atoms with van der Waals surface area (Å²) in [4.78, 5) is 14.9. The zero-order chi connectivity index (χ0) is 13.2. The van der Waals surface area contributed by atoms with Gasteiger partial charge in [-0.15, -0.1) is 11.3 Å². The molecule has 8 nitrogen and oxygen atoms in total. The number of ether oxygens (including phenoxy) is 1. The van der Waals surface area contributed by atoms with Crippen LogP contribution in [0.4, 0.5) is 5.95 Å². The average molecular weight is 288 g/mol. The third-order valence-corrected chi connectivity index (χ3v) is 4.34.